The van der Waals surface area contributed by atoms with Crippen molar-refractivity contribution in [1.82, 2.24) is 4.47 Å². The van der Waals surface area contributed by atoms with Gasteiger partial charge in [0, 0.05) is 6.54 Å². The lowest BCUT2D eigenvalue weighted by Crippen LogP contribution is -2.27. The van der Waals surface area contributed by atoms with E-state index in [1.165, 1.54) is 18.2 Å². The SMILES string of the molecule is O=S(=O)(c1cccc(Cl)c1Cl)N1CCCO1. The molecule has 88 valence electrons. The first-order valence-electron chi connectivity index (χ1n) is 4.63. The van der Waals surface area contributed by atoms with Crippen molar-refractivity contribution < 1.29 is 13.3 Å². The summed E-state index contributed by atoms with van der Waals surface area (Å²) in [6, 6.07) is 4.48. The van der Waals surface area contributed by atoms with E-state index in [4.69, 9.17) is 28.0 Å². The summed E-state index contributed by atoms with van der Waals surface area (Å²) in [6.45, 7) is 0.739. The summed E-state index contributed by atoms with van der Waals surface area (Å²) in [4.78, 5) is 4.99. The predicted molar refractivity (Wildman–Crippen MR) is 60.9 cm³/mol. The molecule has 1 aromatic rings. The molecule has 0 amide bonds. The Bertz CT molecular complexity index is 497. The van der Waals surface area contributed by atoms with Crippen LogP contribution in [0.15, 0.2) is 23.1 Å². The third-order valence-corrected chi connectivity index (χ3v) is 4.83. The fraction of sp³-hybridized carbons (Fsp3) is 0.333. The molecular weight excluding hydrogens is 273 g/mol. The van der Waals surface area contributed by atoms with Crippen molar-refractivity contribution in [2.45, 2.75) is 11.3 Å². The molecule has 1 fully saturated rings. The molecule has 4 nitrogen and oxygen atoms in total. The van der Waals surface area contributed by atoms with Crippen LogP contribution in [0.5, 0.6) is 0 Å². The largest absolute Gasteiger partial charge is 0.284 e. The van der Waals surface area contributed by atoms with E-state index >= 15 is 0 Å². The average molecular weight is 282 g/mol. The molecule has 1 aliphatic heterocycles. The first-order chi connectivity index (χ1) is 7.53. The number of sulfonamides is 1. The van der Waals surface area contributed by atoms with Crippen molar-refractivity contribution in [3.63, 3.8) is 0 Å². The fourth-order valence-electron chi connectivity index (χ4n) is 1.41. The zero-order valence-electron chi connectivity index (χ0n) is 8.19. The van der Waals surface area contributed by atoms with Crippen molar-refractivity contribution in [1.29, 1.82) is 0 Å². The molecule has 1 saturated heterocycles. The van der Waals surface area contributed by atoms with Gasteiger partial charge in [-0.1, -0.05) is 33.7 Å². The molecule has 0 unspecified atom stereocenters. The third-order valence-electron chi connectivity index (χ3n) is 2.18. The van der Waals surface area contributed by atoms with Gasteiger partial charge in [-0.15, -0.1) is 0 Å². The van der Waals surface area contributed by atoms with Crippen LogP contribution in [-0.4, -0.2) is 26.0 Å². The second-order valence-electron chi connectivity index (χ2n) is 3.27. The van der Waals surface area contributed by atoms with Crippen LogP contribution in [0.4, 0.5) is 0 Å². The standard InChI is InChI=1S/C9H9Cl2NO3S/c10-7-3-1-4-8(9(7)11)16(13,14)12-5-2-6-15-12/h1,3-4H,2,5-6H2. The minimum Gasteiger partial charge on any atom is -0.284 e. The van der Waals surface area contributed by atoms with Gasteiger partial charge in [0.05, 0.1) is 16.7 Å². The van der Waals surface area contributed by atoms with E-state index in [0.717, 1.165) is 4.47 Å². The van der Waals surface area contributed by atoms with Crippen LogP contribution in [0.25, 0.3) is 0 Å². The van der Waals surface area contributed by atoms with Crippen LogP contribution >= 0.6 is 23.2 Å². The maximum atomic E-state index is 12.1. The van der Waals surface area contributed by atoms with E-state index in [-0.39, 0.29) is 14.9 Å². The molecule has 16 heavy (non-hydrogen) atoms. The van der Waals surface area contributed by atoms with Crippen molar-refractivity contribution in [2.24, 2.45) is 0 Å². The topological polar surface area (TPSA) is 46.6 Å². The first-order valence-corrected chi connectivity index (χ1v) is 6.83. The molecule has 0 radical (unpaired) electrons. The zero-order chi connectivity index (χ0) is 11.8. The number of hydrogen-bond donors (Lipinski definition) is 0. The predicted octanol–water partition coefficient (Wildman–Crippen LogP) is 2.32. The van der Waals surface area contributed by atoms with Gasteiger partial charge in [0.15, 0.2) is 0 Å². The van der Waals surface area contributed by atoms with Crippen molar-refractivity contribution >= 4 is 33.2 Å². The van der Waals surface area contributed by atoms with E-state index in [1.54, 1.807) is 0 Å². The second-order valence-corrected chi connectivity index (χ2v) is 5.85. The number of benzene rings is 1. The smallest absolute Gasteiger partial charge is 0.266 e. The lowest BCUT2D eigenvalue weighted by atomic mass is 10.4. The minimum absolute atomic E-state index is 0.0245. The maximum absolute atomic E-state index is 12.1. The molecule has 0 aromatic heterocycles. The van der Waals surface area contributed by atoms with Crippen LogP contribution in [0.1, 0.15) is 6.42 Å². The summed E-state index contributed by atoms with van der Waals surface area (Å²) in [5.74, 6) is 0. The molecular formula is C9H9Cl2NO3S. The summed E-state index contributed by atoms with van der Waals surface area (Å²) in [5, 5.41) is 0.238. The summed E-state index contributed by atoms with van der Waals surface area (Å²) in [6.07, 6.45) is 0.678. The molecule has 0 saturated carbocycles. The second kappa shape index (κ2) is 4.50. The lowest BCUT2D eigenvalue weighted by Gasteiger charge is -2.15. The summed E-state index contributed by atoms with van der Waals surface area (Å²) < 4.78 is 25.1. The van der Waals surface area contributed by atoms with Crippen molar-refractivity contribution in [3.8, 4) is 0 Å². The van der Waals surface area contributed by atoms with Gasteiger partial charge < -0.3 is 0 Å². The summed E-state index contributed by atoms with van der Waals surface area (Å²) in [7, 11) is -3.70. The van der Waals surface area contributed by atoms with Gasteiger partial charge in [-0.2, -0.15) is 0 Å². The number of hydrogen-bond acceptors (Lipinski definition) is 3. The minimum atomic E-state index is -3.70. The fourth-order valence-corrected chi connectivity index (χ4v) is 3.45. The van der Waals surface area contributed by atoms with Gasteiger partial charge in [-0.3, -0.25) is 4.84 Å². The molecule has 0 N–H and O–H groups in total. The van der Waals surface area contributed by atoms with E-state index < -0.39 is 10.0 Å². The molecule has 0 atom stereocenters. The zero-order valence-corrected chi connectivity index (χ0v) is 10.5. The monoisotopic (exact) mass is 281 g/mol. The van der Waals surface area contributed by atoms with Gasteiger partial charge in [0.25, 0.3) is 10.0 Å². The summed E-state index contributed by atoms with van der Waals surface area (Å²) in [5.41, 5.74) is 0. The average Bonchev–Trinajstić information content (AvgIpc) is 2.75. The first kappa shape index (κ1) is 12.1. The van der Waals surface area contributed by atoms with Gasteiger partial charge >= 0.3 is 0 Å². The molecule has 0 aliphatic carbocycles. The molecule has 7 heteroatoms. The number of rotatable bonds is 2. The molecule has 1 heterocycles. The lowest BCUT2D eigenvalue weighted by molar-refractivity contribution is -0.0284. The molecule has 2 rings (SSSR count). The Balaban J connectivity index is 2.47. The Labute approximate surface area is 104 Å². The Morgan fingerprint density at radius 2 is 2.06 bits per heavy atom. The van der Waals surface area contributed by atoms with Gasteiger partial charge in [-0.25, -0.2) is 8.42 Å². The summed E-state index contributed by atoms with van der Waals surface area (Å²) >= 11 is 11.6. The Hall–Kier alpha value is -0.330. The Morgan fingerprint density at radius 1 is 1.31 bits per heavy atom. The molecule has 1 aliphatic rings. The quantitative estimate of drug-likeness (QED) is 0.836. The van der Waals surface area contributed by atoms with Crippen LogP contribution in [0.3, 0.4) is 0 Å². The van der Waals surface area contributed by atoms with Crippen molar-refractivity contribution in [2.75, 3.05) is 13.2 Å². The Kier molecular flexibility index (Phi) is 3.42. The molecule has 0 bridgehead atoms. The molecule has 1 aromatic carbocycles. The highest BCUT2D eigenvalue weighted by Gasteiger charge is 2.30. The number of nitrogens with zero attached hydrogens (tertiary/aromatic N) is 1. The van der Waals surface area contributed by atoms with E-state index in [0.29, 0.717) is 19.6 Å². The normalized spacial score (nSPS) is 17.9. The highest BCUT2D eigenvalue weighted by molar-refractivity contribution is 7.89. The number of halogens is 2. The van der Waals surface area contributed by atoms with Gasteiger partial charge in [-0.05, 0) is 18.6 Å². The van der Waals surface area contributed by atoms with Crippen LogP contribution in [0.2, 0.25) is 10.0 Å². The van der Waals surface area contributed by atoms with E-state index in [1.807, 2.05) is 0 Å². The van der Waals surface area contributed by atoms with E-state index in [2.05, 4.69) is 0 Å². The molecule has 0 spiro atoms. The van der Waals surface area contributed by atoms with Crippen LogP contribution in [-0.2, 0) is 14.9 Å². The van der Waals surface area contributed by atoms with E-state index in [9.17, 15) is 8.42 Å². The van der Waals surface area contributed by atoms with Gasteiger partial charge in [0.1, 0.15) is 4.90 Å². The maximum Gasteiger partial charge on any atom is 0.266 e. The third kappa shape index (κ3) is 2.06. The Morgan fingerprint density at radius 3 is 2.69 bits per heavy atom. The highest BCUT2D eigenvalue weighted by Crippen LogP contribution is 2.31. The van der Waals surface area contributed by atoms with Crippen LogP contribution in [0, 0.1) is 0 Å². The van der Waals surface area contributed by atoms with Crippen molar-refractivity contribution in [3.05, 3.63) is 28.2 Å². The van der Waals surface area contributed by atoms with Crippen LogP contribution < -0.4 is 0 Å². The highest BCUT2D eigenvalue weighted by atomic mass is 35.5. The van der Waals surface area contributed by atoms with Gasteiger partial charge in [0.2, 0.25) is 0 Å². The number of hydroxylamine groups is 1.